The Morgan fingerprint density at radius 1 is 1.50 bits per heavy atom. The monoisotopic (exact) mass is 271 g/mol. The lowest BCUT2D eigenvalue weighted by Gasteiger charge is -2.23. The molecule has 0 radical (unpaired) electrons. The van der Waals surface area contributed by atoms with E-state index in [1.807, 2.05) is 17.9 Å². The zero-order valence-corrected chi connectivity index (χ0v) is 11.9. The third kappa shape index (κ3) is 3.55. The van der Waals surface area contributed by atoms with E-state index in [1.54, 1.807) is 0 Å². The van der Waals surface area contributed by atoms with Crippen molar-refractivity contribution in [2.45, 2.75) is 25.3 Å². The van der Waals surface area contributed by atoms with Gasteiger partial charge in [-0.25, -0.2) is 8.42 Å². The number of aromatic nitrogens is 2. The predicted octanol–water partition coefficient (Wildman–Crippen LogP) is 0.992. The minimum Gasteiger partial charge on any atom is -0.296 e. The van der Waals surface area contributed by atoms with E-state index in [1.165, 1.54) is 18.2 Å². The van der Waals surface area contributed by atoms with Crippen molar-refractivity contribution in [2.24, 2.45) is 7.05 Å². The molecule has 1 aliphatic rings. The fourth-order valence-electron chi connectivity index (χ4n) is 2.61. The first kappa shape index (κ1) is 13.5. The SMILES string of the molecule is Cn1cc(C2CCCN2CCCS(C)(=O)=O)cn1. The van der Waals surface area contributed by atoms with Crippen LogP contribution in [0, 0.1) is 0 Å². The summed E-state index contributed by atoms with van der Waals surface area (Å²) in [7, 11) is -0.914. The molecule has 1 aromatic rings. The Morgan fingerprint density at radius 2 is 2.28 bits per heavy atom. The Labute approximate surface area is 109 Å². The van der Waals surface area contributed by atoms with Crippen molar-refractivity contribution in [1.82, 2.24) is 14.7 Å². The van der Waals surface area contributed by atoms with Gasteiger partial charge in [0.15, 0.2) is 0 Å². The van der Waals surface area contributed by atoms with Crippen LogP contribution < -0.4 is 0 Å². The van der Waals surface area contributed by atoms with Crippen molar-refractivity contribution < 1.29 is 8.42 Å². The summed E-state index contributed by atoms with van der Waals surface area (Å²) in [4.78, 5) is 2.38. The molecular formula is C12H21N3O2S. The van der Waals surface area contributed by atoms with Crippen LogP contribution in [-0.4, -0.2) is 48.2 Å². The van der Waals surface area contributed by atoms with Gasteiger partial charge in [0, 0.05) is 31.1 Å². The lowest BCUT2D eigenvalue weighted by atomic mass is 10.1. The summed E-state index contributed by atoms with van der Waals surface area (Å²) in [5.74, 6) is 0.281. The smallest absolute Gasteiger partial charge is 0.147 e. The highest BCUT2D eigenvalue weighted by Crippen LogP contribution is 2.31. The highest BCUT2D eigenvalue weighted by molar-refractivity contribution is 7.90. The minimum atomic E-state index is -2.84. The standard InChI is InChI=1S/C12H21N3O2S/c1-14-10-11(9-13-14)12-5-3-6-15(12)7-4-8-18(2,16)17/h9-10,12H,3-8H2,1-2H3. The number of rotatable bonds is 5. The maximum atomic E-state index is 11.1. The first-order valence-corrected chi connectivity index (χ1v) is 8.42. The van der Waals surface area contributed by atoms with E-state index in [4.69, 9.17) is 0 Å². The van der Waals surface area contributed by atoms with Gasteiger partial charge in [-0.2, -0.15) is 5.10 Å². The van der Waals surface area contributed by atoms with Crippen molar-refractivity contribution in [2.75, 3.05) is 25.1 Å². The highest BCUT2D eigenvalue weighted by atomic mass is 32.2. The number of hydrogen-bond donors (Lipinski definition) is 0. The van der Waals surface area contributed by atoms with Gasteiger partial charge in [0.2, 0.25) is 0 Å². The molecule has 1 fully saturated rings. The molecule has 0 aromatic carbocycles. The molecule has 0 bridgehead atoms. The van der Waals surface area contributed by atoms with Crippen LogP contribution in [0.5, 0.6) is 0 Å². The van der Waals surface area contributed by atoms with Crippen LogP contribution in [0.3, 0.4) is 0 Å². The van der Waals surface area contributed by atoms with Gasteiger partial charge in [-0.15, -0.1) is 0 Å². The van der Waals surface area contributed by atoms with Gasteiger partial charge in [-0.3, -0.25) is 9.58 Å². The average Bonchev–Trinajstić information content (AvgIpc) is 2.84. The molecule has 1 aromatic heterocycles. The van der Waals surface area contributed by atoms with Gasteiger partial charge >= 0.3 is 0 Å². The summed E-state index contributed by atoms with van der Waals surface area (Å²) in [5, 5.41) is 4.21. The third-order valence-electron chi connectivity index (χ3n) is 3.43. The number of nitrogens with zero attached hydrogens (tertiary/aromatic N) is 3. The largest absolute Gasteiger partial charge is 0.296 e. The molecule has 1 aliphatic heterocycles. The molecule has 1 atom stereocenters. The molecule has 5 nitrogen and oxygen atoms in total. The second-order valence-electron chi connectivity index (χ2n) is 5.12. The second-order valence-corrected chi connectivity index (χ2v) is 7.38. The minimum absolute atomic E-state index is 0.281. The van der Waals surface area contributed by atoms with Crippen molar-refractivity contribution in [1.29, 1.82) is 0 Å². The quantitative estimate of drug-likeness (QED) is 0.801. The topological polar surface area (TPSA) is 55.2 Å². The van der Waals surface area contributed by atoms with E-state index in [0.29, 0.717) is 6.04 Å². The van der Waals surface area contributed by atoms with Gasteiger partial charge < -0.3 is 0 Å². The van der Waals surface area contributed by atoms with Gasteiger partial charge in [-0.1, -0.05) is 0 Å². The van der Waals surface area contributed by atoms with Crippen LogP contribution in [0.2, 0.25) is 0 Å². The maximum absolute atomic E-state index is 11.1. The first-order valence-electron chi connectivity index (χ1n) is 6.36. The molecule has 1 saturated heterocycles. The molecule has 0 spiro atoms. The zero-order valence-electron chi connectivity index (χ0n) is 11.0. The van der Waals surface area contributed by atoms with Crippen molar-refractivity contribution in [3.63, 3.8) is 0 Å². The Kier molecular flexibility index (Phi) is 4.07. The Balaban J connectivity index is 1.92. The van der Waals surface area contributed by atoms with Gasteiger partial charge in [0.1, 0.15) is 9.84 Å². The third-order valence-corrected chi connectivity index (χ3v) is 4.46. The fourth-order valence-corrected chi connectivity index (χ4v) is 3.27. The Hall–Kier alpha value is -0.880. The van der Waals surface area contributed by atoms with Crippen molar-refractivity contribution in [3.8, 4) is 0 Å². The van der Waals surface area contributed by atoms with Crippen molar-refractivity contribution >= 4 is 9.84 Å². The van der Waals surface area contributed by atoms with E-state index in [-0.39, 0.29) is 5.75 Å². The molecular weight excluding hydrogens is 250 g/mol. The first-order chi connectivity index (χ1) is 8.46. The van der Waals surface area contributed by atoms with Crippen molar-refractivity contribution in [3.05, 3.63) is 18.0 Å². The average molecular weight is 271 g/mol. The van der Waals surface area contributed by atoms with Gasteiger partial charge in [0.05, 0.1) is 11.9 Å². The Morgan fingerprint density at radius 3 is 2.89 bits per heavy atom. The second kappa shape index (κ2) is 5.40. The van der Waals surface area contributed by atoms with Gasteiger partial charge in [0.25, 0.3) is 0 Å². The van der Waals surface area contributed by atoms with Crippen LogP contribution in [0.1, 0.15) is 30.9 Å². The highest BCUT2D eigenvalue weighted by Gasteiger charge is 2.26. The van der Waals surface area contributed by atoms with E-state index in [0.717, 1.165) is 25.9 Å². The number of sulfone groups is 1. The Bertz CT molecular complexity index is 495. The van der Waals surface area contributed by atoms with E-state index in [2.05, 4.69) is 16.2 Å². The molecule has 18 heavy (non-hydrogen) atoms. The van der Waals surface area contributed by atoms with Gasteiger partial charge in [-0.05, 0) is 32.4 Å². The number of aryl methyl sites for hydroxylation is 1. The number of likely N-dealkylation sites (tertiary alicyclic amines) is 1. The molecule has 0 saturated carbocycles. The molecule has 2 rings (SSSR count). The van der Waals surface area contributed by atoms with Crippen LogP contribution in [-0.2, 0) is 16.9 Å². The summed E-state index contributed by atoms with van der Waals surface area (Å²) >= 11 is 0. The van der Waals surface area contributed by atoms with Crippen LogP contribution in [0.4, 0.5) is 0 Å². The van der Waals surface area contributed by atoms with E-state index in [9.17, 15) is 8.42 Å². The normalized spacial score (nSPS) is 21.6. The number of hydrogen-bond acceptors (Lipinski definition) is 4. The van der Waals surface area contributed by atoms with Crippen LogP contribution in [0.15, 0.2) is 12.4 Å². The molecule has 1 unspecified atom stereocenters. The summed E-state index contributed by atoms with van der Waals surface area (Å²) in [6.07, 6.45) is 8.31. The summed E-state index contributed by atoms with van der Waals surface area (Å²) in [6, 6.07) is 0.415. The van der Waals surface area contributed by atoms with Crippen LogP contribution >= 0.6 is 0 Å². The molecule has 0 aliphatic carbocycles. The summed E-state index contributed by atoms with van der Waals surface area (Å²) < 4.78 is 24.1. The fraction of sp³-hybridized carbons (Fsp3) is 0.750. The predicted molar refractivity (Wildman–Crippen MR) is 71.1 cm³/mol. The lowest BCUT2D eigenvalue weighted by molar-refractivity contribution is 0.258. The van der Waals surface area contributed by atoms with Crippen LogP contribution in [0.25, 0.3) is 0 Å². The summed E-state index contributed by atoms with van der Waals surface area (Å²) in [5.41, 5.74) is 1.24. The molecule has 0 amide bonds. The zero-order chi connectivity index (χ0) is 13.2. The molecule has 102 valence electrons. The maximum Gasteiger partial charge on any atom is 0.147 e. The summed E-state index contributed by atoms with van der Waals surface area (Å²) in [6.45, 7) is 1.91. The van der Waals surface area contributed by atoms with E-state index < -0.39 is 9.84 Å². The molecule has 2 heterocycles. The lowest BCUT2D eigenvalue weighted by Crippen LogP contribution is -2.25. The molecule has 6 heteroatoms. The molecule has 0 N–H and O–H groups in total. The van der Waals surface area contributed by atoms with E-state index >= 15 is 0 Å².